The number of ether oxygens (including phenoxy) is 1. The molecule has 2 aromatic rings. The molecule has 0 saturated heterocycles. The van der Waals surface area contributed by atoms with Gasteiger partial charge in [0.2, 0.25) is 0 Å². The monoisotopic (exact) mass is 262 g/mol. The van der Waals surface area contributed by atoms with Crippen molar-refractivity contribution < 1.29 is 9.53 Å². The first-order valence-corrected chi connectivity index (χ1v) is 6.36. The lowest BCUT2D eigenvalue weighted by molar-refractivity contribution is 0.100. The number of rotatable bonds is 4. The molecule has 4 N–H and O–H groups in total. The van der Waals surface area contributed by atoms with E-state index in [0.29, 0.717) is 17.2 Å². The summed E-state index contributed by atoms with van der Waals surface area (Å²) in [6.07, 6.45) is 0. The maximum atomic E-state index is 11.2. The highest BCUT2D eigenvalue weighted by molar-refractivity contribution is 7.19. The minimum Gasteiger partial charge on any atom is -0.493 e. The number of thiophene rings is 1. The van der Waals surface area contributed by atoms with Gasteiger partial charge >= 0.3 is 0 Å². The third-order valence-corrected chi connectivity index (χ3v) is 3.48. The molecular formula is C13H14N2O2S. The molecule has 0 saturated carbocycles. The van der Waals surface area contributed by atoms with Gasteiger partial charge in [-0.05, 0) is 25.1 Å². The van der Waals surface area contributed by atoms with Crippen LogP contribution in [0.1, 0.15) is 17.3 Å². The number of carbonyl (C=O) groups excluding carboxylic acids is 1. The van der Waals surface area contributed by atoms with Crippen LogP contribution in [-0.4, -0.2) is 12.5 Å². The number of para-hydroxylation sites is 1. The minimum atomic E-state index is -0.510. The van der Waals surface area contributed by atoms with Crippen molar-refractivity contribution in [3.8, 4) is 16.2 Å². The number of amides is 1. The largest absolute Gasteiger partial charge is 0.493 e. The van der Waals surface area contributed by atoms with Crippen LogP contribution < -0.4 is 16.2 Å². The Hall–Kier alpha value is -2.01. The Morgan fingerprint density at radius 1 is 1.39 bits per heavy atom. The maximum Gasteiger partial charge on any atom is 0.251 e. The summed E-state index contributed by atoms with van der Waals surface area (Å²) in [6.45, 7) is 2.51. The van der Waals surface area contributed by atoms with E-state index in [1.807, 2.05) is 31.2 Å². The van der Waals surface area contributed by atoms with E-state index in [1.54, 1.807) is 6.07 Å². The summed E-state index contributed by atoms with van der Waals surface area (Å²) in [5.74, 6) is 0.265. The van der Waals surface area contributed by atoms with Gasteiger partial charge in [-0.3, -0.25) is 4.79 Å². The molecule has 0 aliphatic heterocycles. The highest BCUT2D eigenvalue weighted by Crippen LogP contribution is 2.38. The van der Waals surface area contributed by atoms with Crippen molar-refractivity contribution in [2.75, 3.05) is 12.3 Å². The maximum absolute atomic E-state index is 11.2. The van der Waals surface area contributed by atoms with Crippen LogP contribution in [0.3, 0.4) is 0 Å². The van der Waals surface area contributed by atoms with E-state index in [1.165, 1.54) is 11.3 Å². The van der Waals surface area contributed by atoms with Crippen LogP contribution in [-0.2, 0) is 0 Å². The number of anilines is 1. The Bertz CT molecular complexity index is 578. The average molecular weight is 262 g/mol. The lowest BCUT2D eigenvalue weighted by atomic mass is 10.1. The van der Waals surface area contributed by atoms with Crippen LogP contribution >= 0.6 is 11.3 Å². The molecule has 94 valence electrons. The molecule has 0 radical (unpaired) electrons. The molecule has 4 nitrogen and oxygen atoms in total. The fourth-order valence-corrected chi connectivity index (χ4v) is 2.64. The summed E-state index contributed by atoms with van der Waals surface area (Å²) in [7, 11) is 0. The van der Waals surface area contributed by atoms with Crippen molar-refractivity contribution in [2.24, 2.45) is 5.73 Å². The van der Waals surface area contributed by atoms with Crippen molar-refractivity contribution in [1.82, 2.24) is 0 Å². The van der Waals surface area contributed by atoms with E-state index in [0.717, 1.165) is 16.2 Å². The van der Waals surface area contributed by atoms with E-state index in [9.17, 15) is 4.79 Å². The molecule has 0 bridgehead atoms. The van der Waals surface area contributed by atoms with Crippen LogP contribution in [0.4, 0.5) is 5.00 Å². The lowest BCUT2D eigenvalue weighted by Crippen LogP contribution is -2.11. The molecule has 0 aliphatic rings. The van der Waals surface area contributed by atoms with E-state index in [4.69, 9.17) is 16.2 Å². The first-order chi connectivity index (χ1) is 8.63. The Balaban J connectivity index is 2.48. The zero-order valence-corrected chi connectivity index (χ0v) is 10.8. The van der Waals surface area contributed by atoms with Crippen molar-refractivity contribution in [1.29, 1.82) is 0 Å². The van der Waals surface area contributed by atoms with Crippen molar-refractivity contribution >= 4 is 22.2 Å². The Kier molecular flexibility index (Phi) is 3.53. The van der Waals surface area contributed by atoms with E-state index >= 15 is 0 Å². The van der Waals surface area contributed by atoms with Gasteiger partial charge in [-0.1, -0.05) is 12.1 Å². The third-order valence-electron chi connectivity index (χ3n) is 2.48. The molecule has 0 spiro atoms. The normalized spacial score (nSPS) is 10.3. The molecule has 2 rings (SSSR count). The highest BCUT2D eigenvalue weighted by atomic mass is 32.1. The first kappa shape index (κ1) is 12.4. The van der Waals surface area contributed by atoms with Crippen LogP contribution in [0, 0.1) is 0 Å². The predicted octanol–water partition coefficient (Wildman–Crippen LogP) is 2.49. The number of benzene rings is 1. The van der Waals surface area contributed by atoms with Crippen LogP contribution in [0.5, 0.6) is 5.75 Å². The molecule has 1 heterocycles. The van der Waals surface area contributed by atoms with Gasteiger partial charge in [0.25, 0.3) is 5.91 Å². The molecule has 18 heavy (non-hydrogen) atoms. The van der Waals surface area contributed by atoms with Crippen molar-refractivity contribution in [2.45, 2.75) is 6.92 Å². The third kappa shape index (κ3) is 2.31. The fraction of sp³-hybridized carbons (Fsp3) is 0.154. The Morgan fingerprint density at radius 3 is 2.72 bits per heavy atom. The molecule has 1 amide bonds. The summed E-state index contributed by atoms with van der Waals surface area (Å²) in [6, 6.07) is 9.35. The topological polar surface area (TPSA) is 78.3 Å². The predicted molar refractivity (Wildman–Crippen MR) is 73.9 cm³/mol. The number of nitrogens with two attached hydrogens (primary N) is 2. The van der Waals surface area contributed by atoms with Gasteiger partial charge in [0.1, 0.15) is 5.75 Å². The van der Waals surface area contributed by atoms with Crippen LogP contribution in [0.25, 0.3) is 10.4 Å². The SMILES string of the molecule is CCOc1ccccc1-c1cc(C(N)=O)c(N)s1. The van der Waals surface area contributed by atoms with Gasteiger partial charge in [0.05, 0.1) is 17.2 Å². The van der Waals surface area contributed by atoms with Gasteiger partial charge in [-0.25, -0.2) is 0 Å². The second kappa shape index (κ2) is 5.10. The van der Waals surface area contributed by atoms with E-state index < -0.39 is 5.91 Å². The van der Waals surface area contributed by atoms with E-state index in [-0.39, 0.29) is 0 Å². The van der Waals surface area contributed by atoms with Gasteiger partial charge in [-0.2, -0.15) is 0 Å². The van der Waals surface area contributed by atoms with Gasteiger partial charge in [0.15, 0.2) is 0 Å². The minimum absolute atomic E-state index is 0.362. The van der Waals surface area contributed by atoms with E-state index in [2.05, 4.69) is 0 Å². The Morgan fingerprint density at radius 2 is 2.11 bits per heavy atom. The second-order valence-electron chi connectivity index (χ2n) is 3.68. The smallest absolute Gasteiger partial charge is 0.251 e. The molecule has 1 aromatic heterocycles. The molecule has 5 heteroatoms. The van der Waals surface area contributed by atoms with Crippen molar-refractivity contribution in [3.63, 3.8) is 0 Å². The molecule has 0 atom stereocenters. The fourth-order valence-electron chi connectivity index (χ4n) is 1.68. The quantitative estimate of drug-likeness (QED) is 0.888. The van der Waals surface area contributed by atoms with Crippen molar-refractivity contribution in [3.05, 3.63) is 35.9 Å². The standard InChI is InChI=1S/C13H14N2O2S/c1-2-17-10-6-4-3-5-8(10)11-7-9(12(14)16)13(15)18-11/h3-7H,2,15H2,1H3,(H2,14,16). The number of primary amides is 1. The zero-order valence-electron chi connectivity index (χ0n) is 9.97. The number of hydrogen-bond acceptors (Lipinski definition) is 4. The lowest BCUT2D eigenvalue weighted by Gasteiger charge is -2.07. The number of nitrogen functional groups attached to an aromatic ring is 1. The summed E-state index contributed by atoms with van der Waals surface area (Å²) in [5, 5.41) is 0.434. The first-order valence-electron chi connectivity index (χ1n) is 5.54. The summed E-state index contributed by atoms with van der Waals surface area (Å²) < 4.78 is 5.55. The zero-order chi connectivity index (χ0) is 13.1. The van der Waals surface area contributed by atoms with Crippen LogP contribution in [0.15, 0.2) is 30.3 Å². The molecule has 0 unspecified atom stereocenters. The van der Waals surface area contributed by atoms with Gasteiger partial charge in [0, 0.05) is 10.4 Å². The molecule has 0 fully saturated rings. The summed E-state index contributed by atoms with van der Waals surface area (Å²) >= 11 is 1.33. The molecule has 0 aliphatic carbocycles. The summed E-state index contributed by atoms with van der Waals surface area (Å²) in [4.78, 5) is 12.1. The number of carbonyl (C=O) groups is 1. The number of hydrogen-bond donors (Lipinski definition) is 2. The summed E-state index contributed by atoms with van der Waals surface area (Å²) in [5.41, 5.74) is 12.3. The average Bonchev–Trinajstić information content (AvgIpc) is 2.72. The second-order valence-corrected chi connectivity index (χ2v) is 4.77. The molecule has 1 aromatic carbocycles. The van der Waals surface area contributed by atoms with Gasteiger partial charge in [-0.15, -0.1) is 11.3 Å². The van der Waals surface area contributed by atoms with Crippen LogP contribution in [0.2, 0.25) is 0 Å². The van der Waals surface area contributed by atoms with Gasteiger partial charge < -0.3 is 16.2 Å². The molecular weight excluding hydrogens is 248 g/mol. The Labute approximate surface area is 109 Å². The highest BCUT2D eigenvalue weighted by Gasteiger charge is 2.14.